The van der Waals surface area contributed by atoms with E-state index in [0.717, 1.165) is 0 Å². The molecule has 6 nitrogen and oxygen atoms in total. The van der Waals surface area contributed by atoms with Gasteiger partial charge < -0.3 is 15.4 Å². The second-order valence-corrected chi connectivity index (χ2v) is 6.87. The van der Waals surface area contributed by atoms with Crippen molar-refractivity contribution in [2.45, 2.75) is 19.8 Å². The van der Waals surface area contributed by atoms with Gasteiger partial charge in [-0.2, -0.15) is 0 Å². The van der Waals surface area contributed by atoms with Crippen molar-refractivity contribution in [3.05, 3.63) is 65.5 Å². The summed E-state index contributed by atoms with van der Waals surface area (Å²) in [5.74, 6) is -1.89. The number of hydrogen-bond donors (Lipinski definition) is 2. The van der Waals surface area contributed by atoms with Gasteiger partial charge in [0.15, 0.2) is 0 Å². The Morgan fingerprint density at radius 3 is 2.41 bits per heavy atom. The van der Waals surface area contributed by atoms with Gasteiger partial charge in [0.25, 0.3) is 0 Å². The summed E-state index contributed by atoms with van der Waals surface area (Å²) in [5.41, 5.74) is 1.50. The molecule has 3 rings (SSSR count). The maximum Gasteiger partial charge on any atom is 0.338 e. The van der Waals surface area contributed by atoms with E-state index in [2.05, 4.69) is 10.6 Å². The van der Waals surface area contributed by atoms with E-state index in [1.54, 1.807) is 49.4 Å². The number of anilines is 1. The average Bonchev–Trinajstić information content (AvgIpc) is 3.51. The summed E-state index contributed by atoms with van der Waals surface area (Å²) in [4.78, 5) is 36.1. The van der Waals surface area contributed by atoms with Gasteiger partial charge in [-0.05, 0) is 55.7 Å². The number of rotatable bonds is 8. The van der Waals surface area contributed by atoms with Crippen molar-refractivity contribution >= 4 is 23.5 Å². The van der Waals surface area contributed by atoms with E-state index >= 15 is 0 Å². The Hall–Kier alpha value is -3.22. The van der Waals surface area contributed by atoms with Crippen molar-refractivity contribution < 1.29 is 23.5 Å². The third kappa shape index (κ3) is 5.40. The number of nitrogens with one attached hydrogen (secondary N) is 2. The minimum Gasteiger partial charge on any atom is -0.462 e. The van der Waals surface area contributed by atoms with E-state index in [9.17, 15) is 18.8 Å². The van der Waals surface area contributed by atoms with E-state index < -0.39 is 5.97 Å². The van der Waals surface area contributed by atoms with Gasteiger partial charge in [0.05, 0.1) is 24.0 Å². The Morgan fingerprint density at radius 2 is 1.72 bits per heavy atom. The third-order valence-corrected chi connectivity index (χ3v) is 4.78. The largest absolute Gasteiger partial charge is 0.462 e. The van der Waals surface area contributed by atoms with Crippen LogP contribution in [0.4, 0.5) is 10.1 Å². The normalized spacial score (nSPS) is 17.3. The number of esters is 1. The Balaban J connectivity index is 1.43. The first-order chi connectivity index (χ1) is 14.0. The van der Waals surface area contributed by atoms with E-state index in [-0.39, 0.29) is 29.5 Å². The molecule has 1 saturated carbocycles. The van der Waals surface area contributed by atoms with Crippen molar-refractivity contribution in [2.75, 3.05) is 18.5 Å². The molecule has 1 fully saturated rings. The first-order valence-corrected chi connectivity index (χ1v) is 9.58. The number of amides is 2. The van der Waals surface area contributed by atoms with Crippen LogP contribution in [0, 0.1) is 17.7 Å². The van der Waals surface area contributed by atoms with Gasteiger partial charge in [-0.15, -0.1) is 0 Å². The third-order valence-electron chi connectivity index (χ3n) is 4.78. The summed E-state index contributed by atoms with van der Waals surface area (Å²) >= 11 is 0. The van der Waals surface area contributed by atoms with Crippen molar-refractivity contribution in [1.29, 1.82) is 0 Å². The molecule has 0 saturated heterocycles. The molecule has 0 aliphatic heterocycles. The molecule has 1 aliphatic carbocycles. The highest BCUT2D eigenvalue weighted by Crippen LogP contribution is 2.39. The van der Waals surface area contributed by atoms with E-state index in [0.29, 0.717) is 42.8 Å². The van der Waals surface area contributed by atoms with Crippen LogP contribution in [0.25, 0.3) is 0 Å². The highest BCUT2D eigenvalue weighted by atomic mass is 19.1. The second-order valence-electron chi connectivity index (χ2n) is 6.87. The van der Waals surface area contributed by atoms with Crippen molar-refractivity contribution in [2.24, 2.45) is 11.8 Å². The van der Waals surface area contributed by atoms with Crippen LogP contribution in [0.2, 0.25) is 0 Å². The zero-order valence-electron chi connectivity index (χ0n) is 16.1. The van der Waals surface area contributed by atoms with Gasteiger partial charge in [0.2, 0.25) is 11.8 Å². The van der Waals surface area contributed by atoms with Crippen LogP contribution in [0.5, 0.6) is 0 Å². The molecule has 0 radical (unpaired) electrons. The van der Waals surface area contributed by atoms with Gasteiger partial charge in [-0.25, -0.2) is 9.18 Å². The van der Waals surface area contributed by atoms with Crippen LogP contribution in [0.1, 0.15) is 29.3 Å². The Morgan fingerprint density at radius 1 is 1.03 bits per heavy atom. The summed E-state index contributed by atoms with van der Waals surface area (Å²) in [7, 11) is 0. The van der Waals surface area contributed by atoms with Crippen molar-refractivity contribution in [1.82, 2.24) is 5.32 Å². The average molecular weight is 398 g/mol. The molecule has 2 amide bonds. The molecular formula is C22H23FN2O4. The lowest BCUT2D eigenvalue weighted by Crippen LogP contribution is -2.29. The summed E-state index contributed by atoms with van der Waals surface area (Å²) in [5, 5.41) is 5.52. The summed E-state index contributed by atoms with van der Waals surface area (Å²) < 4.78 is 18.5. The van der Waals surface area contributed by atoms with Gasteiger partial charge in [0.1, 0.15) is 5.82 Å². The van der Waals surface area contributed by atoms with Crippen LogP contribution in [-0.4, -0.2) is 30.9 Å². The van der Waals surface area contributed by atoms with E-state index in [1.807, 2.05) is 0 Å². The molecule has 2 aromatic carbocycles. The first-order valence-electron chi connectivity index (χ1n) is 9.58. The topological polar surface area (TPSA) is 84.5 Å². The molecule has 2 aromatic rings. The zero-order valence-corrected chi connectivity index (χ0v) is 16.1. The maximum absolute atomic E-state index is 13.6. The molecule has 152 valence electrons. The molecule has 7 heteroatoms. The Bertz CT molecular complexity index is 898. The predicted octanol–water partition coefficient (Wildman–Crippen LogP) is 2.94. The van der Waals surface area contributed by atoms with Crippen molar-refractivity contribution in [3.8, 4) is 0 Å². The molecule has 2 atom stereocenters. The molecular weight excluding hydrogens is 375 g/mol. The van der Waals surface area contributed by atoms with Crippen LogP contribution < -0.4 is 10.6 Å². The number of hydrogen-bond acceptors (Lipinski definition) is 4. The number of carbonyl (C=O) groups is 3. The molecule has 0 spiro atoms. The minimum atomic E-state index is -0.417. The quantitative estimate of drug-likeness (QED) is 0.670. The molecule has 2 unspecified atom stereocenters. The number of ether oxygens (including phenoxy) is 1. The van der Waals surface area contributed by atoms with Gasteiger partial charge in [-0.3, -0.25) is 9.59 Å². The van der Waals surface area contributed by atoms with Crippen LogP contribution in [0.3, 0.4) is 0 Å². The molecule has 0 heterocycles. The van der Waals surface area contributed by atoms with Crippen LogP contribution in [-0.2, 0) is 20.7 Å². The Kier molecular flexibility index (Phi) is 6.59. The first kappa shape index (κ1) is 20.5. The van der Waals surface area contributed by atoms with Crippen LogP contribution >= 0.6 is 0 Å². The monoisotopic (exact) mass is 398 g/mol. The van der Waals surface area contributed by atoms with E-state index in [4.69, 9.17) is 4.74 Å². The SMILES string of the molecule is CCOC(=O)c1ccc(NC(=O)C2CC2C(=O)NCCc2ccccc2F)cc1. The smallest absolute Gasteiger partial charge is 0.338 e. The fraction of sp³-hybridized carbons (Fsp3) is 0.318. The zero-order chi connectivity index (χ0) is 20.8. The highest BCUT2D eigenvalue weighted by Gasteiger charge is 2.47. The lowest BCUT2D eigenvalue weighted by Gasteiger charge is -2.07. The molecule has 0 aromatic heterocycles. The fourth-order valence-electron chi connectivity index (χ4n) is 3.07. The standard InChI is InChI=1S/C22H23FN2O4/c1-2-29-22(28)15-7-9-16(10-8-15)25-21(27)18-13-17(18)20(26)24-12-11-14-5-3-4-6-19(14)23/h3-10,17-18H,2,11-13H2,1H3,(H,24,26)(H,25,27). The molecule has 2 N–H and O–H groups in total. The van der Waals surface area contributed by atoms with Gasteiger partial charge in [0, 0.05) is 12.2 Å². The highest BCUT2D eigenvalue weighted by molar-refractivity contribution is 5.99. The summed E-state index contributed by atoms with van der Waals surface area (Å²) in [6.07, 6.45) is 0.882. The lowest BCUT2D eigenvalue weighted by molar-refractivity contribution is -0.125. The van der Waals surface area contributed by atoms with Crippen molar-refractivity contribution in [3.63, 3.8) is 0 Å². The van der Waals surface area contributed by atoms with E-state index in [1.165, 1.54) is 6.07 Å². The van der Waals surface area contributed by atoms with Gasteiger partial charge in [-0.1, -0.05) is 18.2 Å². The van der Waals surface area contributed by atoms with Crippen LogP contribution in [0.15, 0.2) is 48.5 Å². The minimum absolute atomic E-state index is 0.195. The fourth-order valence-corrected chi connectivity index (χ4v) is 3.07. The number of benzene rings is 2. The molecule has 1 aliphatic rings. The lowest BCUT2D eigenvalue weighted by atomic mass is 10.1. The maximum atomic E-state index is 13.6. The molecule has 0 bridgehead atoms. The second kappa shape index (κ2) is 9.32. The summed E-state index contributed by atoms with van der Waals surface area (Å²) in [6.45, 7) is 2.34. The summed E-state index contributed by atoms with van der Waals surface area (Å²) in [6, 6.07) is 12.8. The Labute approximate surface area is 168 Å². The number of halogens is 1. The number of carbonyl (C=O) groups excluding carboxylic acids is 3. The molecule has 29 heavy (non-hydrogen) atoms. The predicted molar refractivity (Wildman–Crippen MR) is 106 cm³/mol. The van der Waals surface area contributed by atoms with Gasteiger partial charge >= 0.3 is 5.97 Å².